The van der Waals surface area contributed by atoms with E-state index in [9.17, 15) is 5.11 Å². The first-order chi connectivity index (χ1) is 19.2. The molecule has 4 rings (SSSR count). The number of benzene rings is 2. The monoisotopic (exact) mass is 613 g/mol. The molecule has 0 saturated carbocycles. The molecule has 8 nitrogen and oxygen atoms in total. The average Bonchev–Trinajstić information content (AvgIpc) is 2.96. The molecule has 0 aliphatic heterocycles. The van der Waals surface area contributed by atoms with E-state index < -0.39 is 17.3 Å². The summed E-state index contributed by atoms with van der Waals surface area (Å²) in [7, 11) is 9.69. The second-order valence-electron chi connectivity index (χ2n) is 9.63. The Balaban J connectivity index is 2.14. The summed E-state index contributed by atoms with van der Waals surface area (Å²) in [5.74, 6) is -0.744. The fourth-order valence-electron chi connectivity index (χ4n) is 4.95. The summed E-state index contributed by atoms with van der Waals surface area (Å²) >= 11 is 3.53. The van der Waals surface area contributed by atoms with Crippen LogP contribution in [0.15, 0.2) is 59.2 Å². The number of ether oxygens (including phenoxy) is 4. The Morgan fingerprint density at radius 1 is 0.950 bits per heavy atom. The number of nitrogens with zero attached hydrogens (tertiary/aromatic N) is 3. The van der Waals surface area contributed by atoms with E-state index >= 15 is 4.39 Å². The summed E-state index contributed by atoms with van der Waals surface area (Å²) in [6.07, 6.45) is 1.68. The predicted octanol–water partition coefficient (Wildman–Crippen LogP) is 5.54. The summed E-state index contributed by atoms with van der Waals surface area (Å²) in [6, 6.07) is 14.1. The zero-order valence-corrected chi connectivity index (χ0v) is 25.0. The molecule has 2 aromatic heterocycles. The van der Waals surface area contributed by atoms with Crippen molar-refractivity contribution < 1.29 is 28.4 Å². The SMILES string of the molecule is COc1cnc(OC)c([C@](O)(CCN(C)C)[C@@H](c2cc3cc(Br)ccc3nc2OC)c2cccc(OC)c2F)c1. The van der Waals surface area contributed by atoms with Crippen molar-refractivity contribution in [2.24, 2.45) is 0 Å². The second kappa shape index (κ2) is 12.4. The largest absolute Gasteiger partial charge is 0.495 e. The Labute approximate surface area is 241 Å². The first-order valence-corrected chi connectivity index (χ1v) is 13.4. The molecular weight excluding hydrogens is 581 g/mol. The number of pyridine rings is 2. The van der Waals surface area contributed by atoms with Crippen LogP contribution < -0.4 is 18.9 Å². The maximum Gasteiger partial charge on any atom is 0.219 e. The lowest BCUT2D eigenvalue weighted by molar-refractivity contribution is 0.000115. The molecule has 1 N–H and O–H groups in total. The van der Waals surface area contributed by atoms with E-state index in [1.165, 1.54) is 40.7 Å². The van der Waals surface area contributed by atoms with Gasteiger partial charge < -0.3 is 29.0 Å². The minimum atomic E-state index is -1.78. The number of rotatable bonds is 11. The summed E-state index contributed by atoms with van der Waals surface area (Å²) in [5.41, 5.74) is -0.0869. The van der Waals surface area contributed by atoms with Gasteiger partial charge in [-0.3, -0.25) is 0 Å². The van der Waals surface area contributed by atoms with Crippen LogP contribution in [0.25, 0.3) is 10.9 Å². The van der Waals surface area contributed by atoms with Crippen LogP contribution in [0.1, 0.15) is 29.0 Å². The first kappa shape index (κ1) is 29.5. The van der Waals surface area contributed by atoms with Crippen LogP contribution in [0.3, 0.4) is 0 Å². The third-order valence-corrected chi connectivity index (χ3v) is 7.43. The molecule has 40 heavy (non-hydrogen) atoms. The molecule has 0 bridgehead atoms. The zero-order valence-electron chi connectivity index (χ0n) is 23.4. The van der Waals surface area contributed by atoms with E-state index in [4.69, 9.17) is 23.9 Å². The highest BCUT2D eigenvalue weighted by Crippen LogP contribution is 2.51. The van der Waals surface area contributed by atoms with Crippen LogP contribution >= 0.6 is 15.9 Å². The van der Waals surface area contributed by atoms with Crippen molar-refractivity contribution in [3.05, 3.63) is 81.7 Å². The normalized spacial score (nSPS) is 13.7. The van der Waals surface area contributed by atoms with E-state index in [-0.39, 0.29) is 29.5 Å². The quantitative estimate of drug-likeness (QED) is 0.236. The summed E-state index contributed by atoms with van der Waals surface area (Å²) in [4.78, 5) is 11.1. The van der Waals surface area contributed by atoms with Gasteiger partial charge in [0.1, 0.15) is 11.4 Å². The molecule has 0 radical (unpaired) electrons. The number of halogens is 2. The molecule has 0 amide bonds. The lowest BCUT2D eigenvalue weighted by atomic mass is 9.71. The van der Waals surface area contributed by atoms with Crippen molar-refractivity contribution >= 4 is 26.8 Å². The number of aliphatic hydroxyl groups is 1. The van der Waals surface area contributed by atoms with E-state index in [0.717, 1.165) is 9.86 Å². The van der Waals surface area contributed by atoms with E-state index in [0.29, 0.717) is 28.9 Å². The van der Waals surface area contributed by atoms with Gasteiger partial charge in [-0.15, -0.1) is 0 Å². The molecule has 0 unspecified atom stereocenters. The predicted molar refractivity (Wildman–Crippen MR) is 155 cm³/mol. The number of hydrogen-bond donors (Lipinski definition) is 1. The standard InChI is InChI=1S/C30H33BrFN3O5/c1-35(2)13-12-30(36,23-16-20(37-3)17-33-29(23)40-6)26(21-8-7-9-25(38-4)27(21)32)22-15-18-14-19(31)10-11-24(18)34-28(22)39-5/h7-11,14-17,26,36H,12-13H2,1-6H3/t26-,30-/m1/s1. The summed E-state index contributed by atoms with van der Waals surface area (Å²) < 4.78 is 39.3. The van der Waals surface area contributed by atoms with Gasteiger partial charge >= 0.3 is 0 Å². The highest BCUT2D eigenvalue weighted by atomic mass is 79.9. The Kier molecular flexibility index (Phi) is 9.12. The van der Waals surface area contributed by atoms with Crippen molar-refractivity contribution in [3.63, 3.8) is 0 Å². The van der Waals surface area contributed by atoms with Gasteiger partial charge in [0.15, 0.2) is 11.6 Å². The van der Waals surface area contributed by atoms with Gasteiger partial charge in [0.05, 0.1) is 51.6 Å². The van der Waals surface area contributed by atoms with Gasteiger partial charge in [-0.1, -0.05) is 28.1 Å². The average molecular weight is 615 g/mol. The van der Waals surface area contributed by atoms with Gasteiger partial charge in [-0.25, -0.2) is 14.4 Å². The van der Waals surface area contributed by atoms with Crippen molar-refractivity contribution in [2.45, 2.75) is 17.9 Å². The smallest absolute Gasteiger partial charge is 0.219 e. The van der Waals surface area contributed by atoms with E-state index in [1.807, 2.05) is 43.3 Å². The molecule has 0 aliphatic rings. The summed E-state index contributed by atoms with van der Waals surface area (Å²) in [5, 5.41) is 13.7. The Morgan fingerprint density at radius 2 is 1.70 bits per heavy atom. The third-order valence-electron chi connectivity index (χ3n) is 6.94. The van der Waals surface area contributed by atoms with Gasteiger partial charge in [0.2, 0.25) is 11.8 Å². The molecule has 2 heterocycles. The Hall–Kier alpha value is -3.47. The highest BCUT2D eigenvalue weighted by molar-refractivity contribution is 9.10. The fraction of sp³-hybridized carbons (Fsp3) is 0.333. The zero-order chi connectivity index (χ0) is 29.0. The molecule has 4 aromatic rings. The molecule has 0 spiro atoms. The van der Waals surface area contributed by atoms with E-state index in [1.54, 1.807) is 18.2 Å². The topological polar surface area (TPSA) is 86.2 Å². The summed E-state index contributed by atoms with van der Waals surface area (Å²) in [6.45, 7) is 0.452. The van der Waals surface area contributed by atoms with Crippen molar-refractivity contribution in [1.82, 2.24) is 14.9 Å². The lowest BCUT2D eigenvalue weighted by Gasteiger charge is -2.39. The van der Waals surface area contributed by atoms with Crippen LogP contribution in [-0.4, -0.2) is 69.1 Å². The van der Waals surface area contributed by atoms with Crippen LogP contribution in [0.5, 0.6) is 23.3 Å². The molecule has 0 aliphatic carbocycles. The van der Waals surface area contributed by atoms with Crippen molar-refractivity contribution in [3.8, 4) is 23.3 Å². The van der Waals surface area contributed by atoms with E-state index in [2.05, 4.69) is 20.9 Å². The molecule has 0 saturated heterocycles. The fourth-order valence-corrected chi connectivity index (χ4v) is 5.33. The van der Waals surface area contributed by atoms with Gasteiger partial charge in [-0.05, 0) is 56.9 Å². The highest BCUT2D eigenvalue weighted by Gasteiger charge is 2.46. The molecule has 212 valence electrons. The van der Waals surface area contributed by atoms with Gasteiger partial charge in [0.25, 0.3) is 0 Å². The van der Waals surface area contributed by atoms with Crippen LogP contribution in [0.4, 0.5) is 4.39 Å². The minimum Gasteiger partial charge on any atom is -0.495 e. The molecule has 0 fully saturated rings. The van der Waals surface area contributed by atoms with Gasteiger partial charge in [0, 0.05) is 27.5 Å². The molecular formula is C30H33BrFN3O5. The van der Waals surface area contributed by atoms with Crippen molar-refractivity contribution in [1.29, 1.82) is 0 Å². The molecule has 10 heteroatoms. The van der Waals surface area contributed by atoms with Crippen LogP contribution in [0, 0.1) is 5.82 Å². The number of methoxy groups -OCH3 is 4. The lowest BCUT2D eigenvalue weighted by Crippen LogP contribution is -2.38. The van der Waals surface area contributed by atoms with Gasteiger partial charge in [-0.2, -0.15) is 0 Å². The Bertz CT molecular complexity index is 1500. The first-order valence-electron chi connectivity index (χ1n) is 12.6. The molecule has 2 atom stereocenters. The number of hydrogen-bond acceptors (Lipinski definition) is 8. The van der Waals surface area contributed by atoms with Crippen molar-refractivity contribution in [2.75, 3.05) is 49.1 Å². The van der Waals surface area contributed by atoms with Crippen LogP contribution in [0.2, 0.25) is 0 Å². The minimum absolute atomic E-state index is 0.0450. The van der Waals surface area contributed by atoms with Crippen LogP contribution in [-0.2, 0) is 5.60 Å². The number of aromatic nitrogens is 2. The maximum atomic E-state index is 16.2. The maximum absolute atomic E-state index is 16.2. The third kappa shape index (κ3) is 5.70. The Morgan fingerprint density at radius 3 is 2.35 bits per heavy atom. The number of fused-ring (bicyclic) bond motifs is 1. The second-order valence-corrected chi connectivity index (χ2v) is 10.5. The molecule has 2 aromatic carbocycles.